The molecule has 0 aliphatic heterocycles. The minimum absolute atomic E-state index is 0.508. The lowest BCUT2D eigenvalue weighted by Gasteiger charge is -2.15. The van der Waals surface area contributed by atoms with Crippen LogP contribution >= 0.6 is 11.6 Å². The van der Waals surface area contributed by atoms with Gasteiger partial charge in [0.25, 0.3) is 0 Å². The number of rotatable bonds is 8. The standard InChI is InChI=1S/C16H26ClN3OSi/c1-5-7-18-14-11-15(17)19-16-13(14)6-8-20(16)12-21-9-10-22(2,3)4/h6,8,11H,5,7,9-10,12H2,1-4H3,(H,18,19). The molecule has 1 N–H and O–H groups in total. The second-order valence-electron chi connectivity index (χ2n) is 6.79. The van der Waals surface area contributed by atoms with Crippen LogP contribution in [0.2, 0.25) is 30.8 Å². The van der Waals surface area contributed by atoms with Gasteiger partial charge < -0.3 is 14.6 Å². The first-order valence-corrected chi connectivity index (χ1v) is 12.0. The molecule has 2 heterocycles. The van der Waals surface area contributed by atoms with Gasteiger partial charge in [-0.3, -0.25) is 0 Å². The molecular weight excluding hydrogens is 314 g/mol. The SMILES string of the molecule is CCCNc1cc(Cl)nc2c1ccn2COCC[Si](C)(C)C. The molecule has 2 aromatic rings. The fourth-order valence-electron chi connectivity index (χ4n) is 2.18. The summed E-state index contributed by atoms with van der Waals surface area (Å²) in [6.45, 7) is 11.5. The highest BCUT2D eigenvalue weighted by Crippen LogP contribution is 2.26. The van der Waals surface area contributed by atoms with E-state index in [1.807, 2.05) is 16.8 Å². The van der Waals surface area contributed by atoms with Gasteiger partial charge >= 0.3 is 0 Å². The summed E-state index contributed by atoms with van der Waals surface area (Å²) in [5.74, 6) is 0. The van der Waals surface area contributed by atoms with Crippen molar-refractivity contribution in [1.82, 2.24) is 9.55 Å². The third kappa shape index (κ3) is 4.73. The van der Waals surface area contributed by atoms with Gasteiger partial charge in [-0.1, -0.05) is 38.2 Å². The molecule has 6 heteroatoms. The summed E-state index contributed by atoms with van der Waals surface area (Å²) in [6.07, 6.45) is 3.08. The largest absolute Gasteiger partial charge is 0.384 e. The van der Waals surface area contributed by atoms with E-state index in [9.17, 15) is 0 Å². The molecule has 0 fully saturated rings. The Morgan fingerprint density at radius 2 is 2.14 bits per heavy atom. The lowest BCUT2D eigenvalue weighted by Crippen LogP contribution is -2.22. The maximum absolute atomic E-state index is 6.15. The quantitative estimate of drug-likeness (QED) is 0.425. The van der Waals surface area contributed by atoms with Gasteiger partial charge in [0.1, 0.15) is 17.5 Å². The molecule has 0 aromatic carbocycles. The van der Waals surface area contributed by atoms with Crippen molar-refractivity contribution in [2.45, 2.75) is 45.8 Å². The van der Waals surface area contributed by atoms with Crippen LogP contribution in [0, 0.1) is 0 Å². The van der Waals surface area contributed by atoms with Crippen molar-refractivity contribution >= 4 is 36.4 Å². The van der Waals surface area contributed by atoms with Gasteiger partial charge in [0, 0.05) is 38.5 Å². The number of pyridine rings is 1. The van der Waals surface area contributed by atoms with Crippen molar-refractivity contribution in [1.29, 1.82) is 0 Å². The number of aromatic nitrogens is 2. The Labute approximate surface area is 138 Å². The fraction of sp³-hybridized carbons (Fsp3) is 0.562. The Balaban J connectivity index is 2.09. The van der Waals surface area contributed by atoms with Gasteiger partial charge in [0.05, 0.1) is 0 Å². The average Bonchev–Trinajstić information content (AvgIpc) is 2.83. The fourth-order valence-corrected chi connectivity index (χ4v) is 3.13. The minimum Gasteiger partial charge on any atom is -0.384 e. The summed E-state index contributed by atoms with van der Waals surface area (Å²) < 4.78 is 7.83. The summed E-state index contributed by atoms with van der Waals surface area (Å²) in [5.41, 5.74) is 1.91. The number of hydrogen-bond acceptors (Lipinski definition) is 3. The first kappa shape index (κ1) is 17.3. The Morgan fingerprint density at radius 3 is 2.82 bits per heavy atom. The monoisotopic (exact) mass is 339 g/mol. The van der Waals surface area contributed by atoms with Gasteiger partial charge in [-0.25, -0.2) is 4.98 Å². The van der Waals surface area contributed by atoms with Crippen LogP contribution in [0.5, 0.6) is 0 Å². The summed E-state index contributed by atoms with van der Waals surface area (Å²) in [7, 11) is -1.05. The highest BCUT2D eigenvalue weighted by atomic mass is 35.5. The molecule has 0 radical (unpaired) electrons. The van der Waals surface area contributed by atoms with E-state index in [-0.39, 0.29) is 0 Å². The molecule has 22 heavy (non-hydrogen) atoms. The maximum Gasteiger partial charge on any atom is 0.145 e. The minimum atomic E-state index is -1.05. The first-order chi connectivity index (χ1) is 10.4. The number of ether oxygens (including phenoxy) is 1. The van der Waals surface area contributed by atoms with Gasteiger partial charge in [-0.05, 0) is 24.6 Å². The van der Waals surface area contributed by atoms with Gasteiger partial charge in [-0.2, -0.15) is 0 Å². The molecular formula is C16H26ClN3OSi. The highest BCUT2D eigenvalue weighted by Gasteiger charge is 2.13. The number of hydrogen-bond donors (Lipinski definition) is 1. The van der Waals surface area contributed by atoms with E-state index in [0.717, 1.165) is 36.3 Å². The summed E-state index contributed by atoms with van der Waals surface area (Å²) in [5, 5.41) is 5.00. The zero-order valence-corrected chi connectivity index (χ0v) is 15.7. The lowest BCUT2D eigenvalue weighted by atomic mass is 10.3. The molecule has 0 atom stereocenters. The van der Waals surface area contributed by atoms with E-state index in [0.29, 0.717) is 11.9 Å². The molecule has 0 unspecified atom stereocenters. The Hall–Kier alpha value is -1.04. The number of anilines is 1. The summed E-state index contributed by atoms with van der Waals surface area (Å²) in [6, 6.07) is 5.12. The van der Waals surface area contributed by atoms with Crippen molar-refractivity contribution in [3.05, 3.63) is 23.5 Å². The van der Waals surface area contributed by atoms with Crippen LogP contribution in [0.3, 0.4) is 0 Å². The number of nitrogens with zero attached hydrogens (tertiary/aromatic N) is 2. The Kier molecular flexibility index (Phi) is 5.89. The van der Waals surface area contributed by atoms with E-state index in [1.54, 1.807) is 0 Å². The molecule has 4 nitrogen and oxygen atoms in total. The van der Waals surface area contributed by atoms with Crippen molar-refractivity contribution in [2.24, 2.45) is 0 Å². The van der Waals surface area contributed by atoms with Crippen LogP contribution in [-0.2, 0) is 11.5 Å². The molecule has 0 saturated carbocycles. The molecule has 0 bridgehead atoms. The number of nitrogens with one attached hydrogen (secondary N) is 1. The Bertz CT molecular complexity index is 622. The van der Waals surface area contributed by atoms with Crippen LogP contribution in [-0.4, -0.2) is 30.8 Å². The van der Waals surface area contributed by atoms with Crippen molar-refractivity contribution < 1.29 is 4.74 Å². The summed E-state index contributed by atoms with van der Waals surface area (Å²) in [4.78, 5) is 4.45. The predicted octanol–water partition coefficient (Wildman–Crippen LogP) is 4.82. The van der Waals surface area contributed by atoms with Gasteiger partial charge in [-0.15, -0.1) is 0 Å². The average molecular weight is 340 g/mol. The van der Waals surface area contributed by atoms with E-state index >= 15 is 0 Å². The van der Waals surface area contributed by atoms with Crippen LogP contribution < -0.4 is 5.32 Å². The maximum atomic E-state index is 6.15. The molecule has 2 aromatic heterocycles. The van der Waals surface area contributed by atoms with E-state index in [1.165, 1.54) is 6.04 Å². The van der Waals surface area contributed by atoms with Crippen LogP contribution in [0.1, 0.15) is 13.3 Å². The lowest BCUT2D eigenvalue weighted by molar-refractivity contribution is 0.0899. The zero-order valence-electron chi connectivity index (χ0n) is 13.9. The number of halogens is 1. The normalized spacial score (nSPS) is 12.0. The first-order valence-electron chi connectivity index (χ1n) is 7.88. The molecule has 122 valence electrons. The molecule has 0 amide bonds. The van der Waals surface area contributed by atoms with Crippen LogP contribution in [0.4, 0.5) is 5.69 Å². The smallest absolute Gasteiger partial charge is 0.145 e. The zero-order chi connectivity index (χ0) is 16.2. The van der Waals surface area contributed by atoms with Gasteiger partial charge in [0.15, 0.2) is 0 Å². The highest BCUT2D eigenvalue weighted by molar-refractivity contribution is 6.76. The van der Waals surface area contributed by atoms with Crippen molar-refractivity contribution in [3.8, 4) is 0 Å². The van der Waals surface area contributed by atoms with E-state index in [2.05, 4.69) is 42.9 Å². The summed E-state index contributed by atoms with van der Waals surface area (Å²) >= 11 is 6.15. The van der Waals surface area contributed by atoms with Crippen molar-refractivity contribution in [3.63, 3.8) is 0 Å². The van der Waals surface area contributed by atoms with Gasteiger partial charge in [0.2, 0.25) is 0 Å². The van der Waals surface area contributed by atoms with E-state index in [4.69, 9.17) is 16.3 Å². The van der Waals surface area contributed by atoms with E-state index < -0.39 is 8.07 Å². The van der Waals surface area contributed by atoms with Crippen molar-refractivity contribution in [2.75, 3.05) is 18.5 Å². The molecule has 0 saturated heterocycles. The molecule has 0 spiro atoms. The molecule has 0 aliphatic carbocycles. The topological polar surface area (TPSA) is 39.1 Å². The number of fused-ring (bicyclic) bond motifs is 1. The third-order valence-corrected chi connectivity index (χ3v) is 5.39. The molecule has 2 rings (SSSR count). The van der Waals surface area contributed by atoms with Crippen LogP contribution in [0.15, 0.2) is 18.3 Å². The van der Waals surface area contributed by atoms with Crippen LogP contribution in [0.25, 0.3) is 11.0 Å². The predicted molar refractivity (Wildman–Crippen MR) is 97.6 cm³/mol. The Morgan fingerprint density at radius 1 is 1.36 bits per heavy atom. The molecule has 0 aliphatic rings. The second-order valence-corrected chi connectivity index (χ2v) is 12.8. The second kappa shape index (κ2) is 7.48. The third-order valence-electron chi connectivity index (χ3n) is 3.49.